The van der Waals surface area contributed by atoms with E-state index in [0.717, 1.165) is 24.3 Å². The number of fused-ring (bicyclic) bond motifs is 1. The number of anilines is 1. The third-order valence-corrected chi connectivity index (χ3v) is 3.64. The van der Waals surface area contributed by atoms with Gasteiger partial charge in [0, 0.05) is 25.1 Å². The van der Waals surface area contributed by atoms with Crippen LogP contribution in [0.15, 0.2) is 29.1 Å². The van der Waals surface area contributed by atoms with E-state index in [0.29, 0.717) is 12.4 Å². The number of hydrogen-bond donors (Lipinski definition) is 1. The minimum atomic E-state index is -1.07. The summed E-state index contributed by atoms with van der Waals surface area (Å²) in [5, 5.41) is 8.89. The first-order valence-electron chi connectivity index (χ1n) is 6.80. The minimum Gasteiger partial charge on any atom is -0.476 e. The second-order valence-corrected chi connectivity index (χ2v) is 6.13. The van der Waals surface area contributed by atoms with Gasteiger partial charge in [-0.2, -0.15) is 0 Å². The molecule has 0 saturated carbocycles. The van der Waals surface area contributed by atoms with Crippen LogP contribution < -0.4 is 4.90 Å². The van der Waals surface area contributed by atoms with Crippen molar-refractivity contribution in [2.45, 2.75) is 26.8 Å². The van der Waals surface area contributed by atoms with Crippen LogP contribution >= 0.6 is 0 Å². The molecule has 1 aliphatic heterocycles. The summed E-state index contributed by atoms with van der Waals surface area (Å²) in [4.78, 5) is 21.1. The molecule has 6 heteroatoms. The van der Waals surface area contributed by atoms with Crippen molar-refractivity contribution in [3.63, 3.8) is 0 Å². The van der Waals surface area contributed by atoms with Crippen molar-refractivity contribution in [1.82, 2.24) is 9.97 Å². The Hall–Kier alpha value is -2.37. The zero-order chi connectivity index (χ0) is 15.0. The van der Waals surface area contributed by atoms with Crippen LogP contribution in [0.2, 0.25) is 0 Å². The highest BCUT2D eigenvalue weighted by molar-refractivity contribution is 5.84. The number of carboxylic acid groups (broad SMARTS) is 1. The Labute approximate surface area is 122 Å². The predicted octanol–water partition coefficient (Wildman–Crippen LogP) is 2.36. The second kappa shape index (κ2) is 4.87. The average Bonchev–Trinajstić information content (AvgIpc) is 2.79. The molecule has 1 aliphatic rings. The van der Waals surface area contributed by atoms with Crippen molar-refractivity contribution < 1.29 is 14.3 Å². The fourth-order valence-electron chi connectivity index (χ4n) is 2.69. The van der Waals surface area contributed by atoms with Crippen LogP contribution in [0, 0.1) is 5.41 Å². The molecule has 0 fully saturated rings. The molecule has 3 rings (SSSR count). The summed E-state index contributed by atoms with van der Waals surface area (Å²) in [6, 6.07) is 1.97. The van der Waals surface area contributed by atoms with Crippen molar-refractivity contribution in [3.05, 3.63) is 41.7 Å². The summed E-state index contributed by atoms with van der Waals surface area (Å²) in [6.07, 6.45) is 5.40. The van der Waals surface area contributed by atoms with Gasteiger partial charge in [-0.1, -0.05) is 13.8 Å². The van der Waals surface area contributed by atoms with Crippen LogP contribution in [0.1, 0.15) is 35.7 Å². The van der Waals surface area contributed by atoms with Gasteiger partial charge in [-0.05, 0) is 11.5 Å². The Morgan fingerprint density at radius 3 is 2.86 bits per heavy atom. The van der Waals surface area contributed by atoms with Crippen LogP contribution in [-0.4, -0.2) is 27.6 Å². The molecule has 0 aliphatic carbocycles. The molecule has 1 N–H and O–H groups in total. The van der Waals surface area contributed by atoms with Gasteiger partial charge in [0.25, 0.3) is 0 Å². The first kappa shape index (κ1) is 13.6. The average molecular weight is 287 g/mol. The molecule has 0 radical (unpaired) electrons. The first-order chi connectivity index (χ1) is 9.94. The molecule has 2 aromatic rings. The number of furan rings is 1. The van der Waals surface area contributed by atoms with E-state index in [1.54, 1.807) is 6.26 Å². The molecule has 0 unspecified atom stereocenters. The molecule has 110 valence electrons. The Kier molecular flexibility index (Phi) is 3.16. The zero-order valence-corrected chi connectivity index (χ0v) is 12.0. The van der Waals surface area contributed by atoms with Crippen molar-refractivity contribution in [2.75, 3.05) is 11.4 Å². The molecule has 0 aromatic carbocycles. The summed E-state index contributed by atoms with van der Waals surface area (Å²) < 4.78 is 5.57. The van der Waals surface area contributed by atoms with E-state index >= 15 is 0 Å². The lowest BCUT2D eigenvalue weighted by Gasteiger charge is -2.29. The van der Waals surface area contributed by atoms with E-state index in [1.165, 1.54) is 12.4 Å². The van der Waals surface area contributed by atoms with Gasteiger partial charge < -0.3 is 14.4 Å². The summed E-state index contributed by atoms with van der Waals surface area (Å²) in [6.45, 7) is 5.85. The molecular formula is C15H17N3O3. The van der Waals surface area contributed by atoms with Crippen LogP contribution in [0.5, 0.6) is 0 Å². The fraction of sp³-hybridized carbons (Fsp3) is 0.400. The van der Waals surface area contributed by atoms with E-state index in [4.69, 9.17) is 9.52 Å². The maximum Gasteiger partial charge on any atom is 0.356 e. The van der Waals surface area contributed by atoms with Crippen LogP contribution in [0.25, 0.3) is 0 Å². The molecule has 0 bridgehead atoms. The molecule has 6 nitrogen and oxygen atoms in total. The predicted molar refractivity (Wildman–Crippen MR) is 76.2 cm³/mol. The molecule has 0 saturated heterocycles. The lowest BCUT2D eigenvalue weighted by molar-refractivity contribution is 0.0690. The normalized spacial score (nSPS) is 17.1. The highest BCUT2D eigenvalue weighted by atomic mass is 16.4. The van der Waals surface area contributed by atoms with Crippen LogP contribution in [0.3, 0.4) is 0 Å². The van der Waals surface area contributed by atoms with Gasteiger partial charge >= 0.3 is 5.97 Å². The fourth-order valence-corrected chi connectivity index (χ4v) is 2.69. The summed E-state index contributed by atoms with van der Waals surface area (Å²) >= 11 is 0. The zero-order valence-electron chi connectivity index (χ0n) is 12.0. The second-order valence-electron chi connectivity index (χ2n) is 6.13. The number of aromatic nitrogens is 2. The lowest BCUT2D eigenvalue weighted by Crippen LogP contribution is -2.33. The highest BCUT2D eigenvalue weighted by Gasteiger charge is 2.30. The van der Waals surface area contributed by atoms with Gasteiger partial charge in [0.2, 0.25) is 0 Å². The molecule has 21 heavy (non-hydrogen) atoms. The van der Waals surface area contributed by atoms with Crippen LogP contribution in [0.4, 0.5) is 5.82 Å². The third-order valence-electron chi connectivity index (χ3n) is 3.64. The van der Waals surface area contributed by atoms with E-state index < -0.39 is 5.97 Å². The van der Waals surface area contributed by atoms with Gasteiger partial charge in [0.15, 0.2) is 5.69 Å². The van der Waals surface area contributed by atoms with Gasteiger partial charge in [-0.25, -0.2) is 14.8 Å². The van der Waals surface area contributed by atoms with Gasteiger partial charge in [-0.3, -0.25) is 0 Å². The molecule has 2 aromatic heterocycles. The topological polar surface area (TPSA) is 79.5 Å². The Balaban J connectivity index is 1.92. The summed E-state index contributed by atoms with van der Waals surface area (Å²) in [5.41, 5.74) is 1.14. The van der Waals surface area contributed by atoms with Crippen molar-refractivity contribution in [3.8, 4) is 0 Å². The molecular weight excluding hydrogens is 270 g/mol. The number of carbonyl (C=O) groups is 1. The molecule has 0 atom stereocenters. The van der Waals surface area contributed by atoms with Crippen molar-refractivity contribution in [2.24, 2.45) is 5.41 Å². The quantitative estimate of drug-likeness (QED) is 0.913. The van der Waals surface area contributed by atoms with Gasteiger partial charge in [0.05, 0.1) is 18.7 Å². The molecule has 0 spiro atoms. The Morgan fingerprint density at radius 1 is 1.38 bits per heavy atom. The van der Waals surface area contributed by atoms with Crippen molar-refractivity contribution in [1.29, 1.82) is 0 Å². The SMILES string of the molecule is CC1(C)Cc2occc2CN(c2cnc(C(=O)O)cn2)C1. The molecule has 0 amide bonds. The lowest BCUT2D eigenvalue weighted by atomic mass is 9.88. The largest absolute Gasteiger partial charge is 0.476 e. The minimum absolute atomic E-state index is 0.0379. The molecule has 3 heterocycles. The standard InChI is InChI=1S/C15H17N3O3/c1-15(2)5-12-10(3-4-21-12)8-18(9-15)13-7-16-11(6-17-13)14(19)20/h3-4,6-7H,5,8-9H2,1-2H3,(H,19,20). The van der Waals surface area contributed by atoms with Gasteiger partial charge in [-0.15, -0.1) is 0 Å². The number of rotatable bonds is 2. The van der Waals surface area contributed by atoms with Gasteiger partial charge in [0.1, 0.15) is 11.6 Å². The third kappa shape index (κ3) is 2.74. The Morgan fingerprint density at radius 2 is 2.19 bits per heavy atom. The number of nitrogens with zero attached hydrogens (tertiary/aromatic N) is 3. The first-order valence-corrected chi connectivity index (χ1v) is 6.80. The summed E-state index contributed by atoms with van der Waals surface area (Å²) in [5.74, 6) is 0.627. The maximum absolute atomic E-state index is 10.8. The van der Waals surface area contributed by atoms with E-state index in [-0.39, 0.29) is 11.1 Å². The van der Waals surface area contributed by atoms with Crippen LogP contribution in [-0.2, 0) is 13.0 Å². The van der Waals surface area contributed by atoms with E-state index in [2.05, 4.69) is 28.7 Å². The summed E-state index contributed by atoms with van der Waals surface area (Å²) in [7, 11) is 0. The number of hydrogen-bond acceptors (Lipinski definition) is 5. The number of aromatic carboxylic acids is 1. The smallest absolute Gasteiger partial charge is 0.356 e. The van der Waals surface area contributed by atoms with E-state index in [9.17, 15) is 4.79 Å². The van der Waals surface area contributed by atoms with E-state index in [1.807, 2.05) is 6.07 Å². The monoisotopic (exact) mass is 287 g/mol. The van der Waals surface area contributed by atoms with Crippen molar-refractivity contribution >= 4 is 11.8 Å². The number of carboxylic acids is 1. The Bertz CT molecular complexity index is 661. The highest BCUT2D eigenvalue weighted by Crippen LogP contribution is 2.32. The maximum atomic E-state index is 10.8.